The van der Waals surface area contributed by atoms with E-state index in [1.165, 1.54) is 5.56 Å². The van der Waals surface area contributed by atoms with Crippen LogP contribution < -0.4 is 16.5 Å². The van der Waals surface area contributed by atoms with Crippen molar-refractivity contribution >= 4 is 18.6 Å². The van der Waals surface area contributed by atoms with Crippen LogP contribution in [0, 0.1) is 31.1 Å². The fourth-order valence-corrected chi connectivity index (χ4v) is 1.54. The molecule has 0 aliphatic carbocycles. The second-order valence-corrected chi connectivity index (χ2v) is 3.07. The van der Waals surface area contributed by atoms with Gasteiger partial charge in [-0.1, -0.05) is 6.07 Å². The summed E-state index contributed by atoms with van der Waals surface area (Å²) < 4.78 is 5.39. The van der Waals surface area contributed by atoms with Gasteiger partial charge in [0, 0.05) is 50.4 Å². The molecular formula is C9H12BN2OU. The van der Waals surface area contributed by atoms with Gasteiger partial charge in [0.25, 0.3) is 0 Å². The SMILES string of the molecule is CNc1ccc2c(c1)[B]OC2CN.[U]. The topological polar surface area (TPSA) is 47.3 Å². The predicted octanol–water partition coefficient (Wildman–Crippen LogP) is 0.00280. The fourth-order valence-electron chi connectivity index (χ4n) is 1.54. The summed E-state index contributed by atoms with van der Waals surface area (Å²) in [5.41, 5.74) is 8.96. The van der Waals surface area contributed by atoms with Gasteiger partial charge in [-0.3, -0.25) is 0 Å². The number of hydrogen-bond donors (Lipinski definition) is 2. The van der Waals surface area contributed by atoms with Gasteiger partial charge in [-0.15, -0.1) is 0 Å². The molecule has 1 atom stereocenters. The zero-order chi connectivity index (χ0) is 9.26. The molecule has 1 heterocycles. The van der Waals surface area contributed by atoms with Crippen molar-refractivity contribution in [3.63, 3.8) is 0 Å². The van der Waals surface area contributed by atoms with Gasteiger partial charge < -0.3 is 15.7 Å². The molecular weight excluding hydrogens is 401 g/mol. The molecule has 1 aromatic carbocycles. The van der Waals surface area contributed by atoms with Crippen LogP contribution in [0.25, 0.3) is 0 Å². The van der Waals surface area contributed by atoms with E-state index in [2.05, 4.69) is 17.4 Å². The second kappa shape index (κ2) is 5.23. The van der Waals surface area contributed by atoms with Gasteiger partial charge >= 0.3 is 7.48 Å². The van der Waals surface area contributed by atoms with E-state index in [1.54, 1.807) is 7.48 Å². The first-order chi connectivity index (χ1) is 6.35. The van der Waals surface area contributed by atoms with E-state index >= 15 is 0 Å². The number of hydrogen-bond acceptors (Lipinski definition) is 3. The van der Waals surface area contributed by atoms with Crippen LogP contribution >= 0.6 is 0 Å². The molecule has 1 aliphatic heterocycles. The Hall–Kier alpha value is 0.0569. The molecule has 3 nitrogen and oxygen atoms in total. The molecule has 0 saturated heterocycles. The van der Waals surface area contributed by atoms with E-state index in [0.717, 1.165) is 11.2 Å². The fraction of sp³-hybridized carbons (Fsp3) is 0.333. The molecule has 1 aliphatic rings. The van der Waals surface area contributed by atoms with Crippen molar-refractivity contribution < 1.29 is 35.8 Å². The quantitative estimate of drug-likeness (QED) is 0.672. The number of fused-ring (bicyclic) bond motifs is 1. The normalized spacial score (nSPS) is 18.0. The molecule has 0 bridgehead atoms. The van der Waals surface area contributed by atoms with E-state index in [9.17, 15) is 0 Å². The molecule has 0 spiro atoms. The molecule has 5 heteroatoms. The third-order valence-corrected chi connectivity index (χ3v) is 2.30. The summed E-state index contributed by atoms with van der Waals surface area (Å²) >= 11 is 0. The number of rotatable bonds is 2. The van der Waals surface area contributed by atoms with Crippen LogP contribution in [-0.2, 0) is 4.65 Å². The number of nitrogens with one attached hydrogen (secondary N) is 1. The first-order valence-corrected chi connectivity index (χ1v) is 4.35. The maximum absolute atomic E-state index is 5.56. The van der Waals surface area contributed by atoms with Crippen molar-refractivity contribution in [1.82, 2.24) is 0 Å². The smallest absolute Gasteiger partial charge is 0.331 e. The Morgan fingerprint density at radius 3 is 3.00 bits per heavy atom. The van der Waals surface area contributed by atoms with E-state index in [-0.39, 0.29) is 37.2 Å². The Balaban J connectivity index is 0.000000980. The number of nitrogens with two attached hydrogens (primary N) is 1. The molecule has 1 aromatic rings. The second-order valence-electron chi connectivity index (χ2n) is 3.07. The molecule has 0 aromatic heterocycles. The molecule has 2 rings (SSSR count). The summed E-state index contributed by atoms with van der Waals surface area (Å²) in [5.74, 6) is 0. The van der Waals surface area contributed by atoms with Gasteiger partial charge in [-0.2, -0.15) is 0 Å². The van der Waals surface area contributed by atoms with Gasteiger partial charge in [0.2, 0.25) is 0 Å². The summed E-state index contributed by atoms with van der Waals surface area (Å²) in [6.07, 6.45) is 0.0425. The Kier molecular flexibility index (Phi) is 4.53. The molecule has 1 radical (unpaired) electrons. The first-order valence-electron chi connectivity index (χ1n) is 4.35. The third-order valence-electron chi connectivity index (χ3n) is 2.30. The van der Waals surface area contributed by atoms with Crippen molar-refractivity contribution in [2.75, 3.05) is 18.9 Å². The van der Waals surface area contributed by atoms with Crippen LogP contribution in [-0.4, -0.2) is 21.1 Å². The van der Waals surface area contributed by atoms with Gasteiger partial charge in [0.1, 0.15) is 0 Å². The Morgan fingerprint density at radius 1 is 1.57 bits per heavy atom. The Bertz CT molecular complexity index is 322. The Labute approximate surface area is 108 Å². The minimum absolute atomic E-state index is 0. The van der Waals surface area contributed by atoms with Crippen molar-refractivity contribution in [2.24, 2.45) is 5.73 Å². The van der Waals surface area contributed by atoms with E-state index in [0.29, 0.717) is 6.54 Å². The zero-order valence-electron chi connectivity index (χ0n) is 8.08. The number of benzene rings is 1. The summed E-state index contributed by atoms with van der Waals surface area (Å²) in [6.45, 7) is 0.530. The third kappa shape index (κ3) is 2.17. The van der Waals surface area contributed by atoms with Crippen molar-refractivity contribution in [3.05, 3.63) is 23.8 Å². The molecule has 1 unspecified atom stereocenters. The summed E-state index contributed by atoms with van der Waals surface area (Å²) in [6, 6.07) is 6.15. The molecule has 0 saturated carbocycles. The summed E-state index contributed by atoms with van der Waals surface area (Å²) in [5, 5.41) is 3.08. The van der Waals surface area contributed by atoms with Crippen LogP contribution in [0.1, 0.15) is 11.7 Å². The van der Waals surface area contributed by atoms with E-state index in [4.69, 9.17) is 10.4 Å². The molecule has 14 heavy (non-hydrogen) atoms. The summed E-state index contributed by atoms with van der Waals surface area (Å²) in [4.78, 5) is 0. The van der Waals surface area contributed by atoms with Gasteiger partial charge in [0.15, 0.2) is 0 Å². The molecule has 0 amide bonds. The minimum atomic E-state index is 0. The largest absolute Gasteiger partial charge is 0.426 e. The molecule has 3 N–H and O–H groups in total. The van der Waals surface area contributed by atoms with Gasteiger partial charge in [0.05, 0.1) is 6.10 Å². The van der Waals surface area contributed by atoms with Crippen molar-refractivity contribution in [1.29, 1.82) is 0 Å². The van der Waals surface area contributed by atoms with Crippen molar-refractivity contribution in [2.45, 2.75) is 6.10 Å². The Morgan fingerprint density at radius 2 is 2.36 bits per heavy atom. The van der Waals surface area contributed by atoms with Gasteiger partial charge in [-0.25, -0.2) is 0 Å². The van der Waals surface area contributed by atoms with Crippen LogP contribution in [0.3, 0.4) is 0 Å². The average Bonchev–Trinajstić information content (AvgIpc) is 2.59. The van der Waals surface area contributed by atoms with E-state index < -0.39 is 0 Å². The average molecular weight is 413 g/mol. The first kappa shape index (κ1) is 12.1. The van der Waals surface area contributed by atoms with Crippen LogP contribution in [0.5, 0.6) is 0 Å². The zero-order valence-corrected chi connectivity index (χ0v) is 12.2. The van der Waals surface area contributed by atoms with E-state index in [1.807, 2.05) is 13.1 Å². The minimum Gasteiger partial charge on any atom is -0.426 e. The maximum Gasteiger partial charge on any atom is 0.331 e. The number of anilines is 1. The van der Waals surface area contributed by atoms with Crippen LogP contribution in [0.2, 0.25) is 0 Å². The van der Waals surface area contributed by atoms with Crippen LogP contribution in [0.4, 0.5) is 5.69 Å². The monoisotopic (exact) mass is 413 g/mol. The predicted molar refractivity (Wildman–Crippen MR) is 54.3 cm³/mol. The summed E-state index contributed by atoms with van der Waals surface area (Å²) in [7, 11) is 3.67. The van der Waals surface area contributed by atoms with Gasteiger partial charge in [-0.05, 0) is 23.2 Å². The standard InChI is InChI=1S/C9H12BN2O.U/c1-12-6-2-3-7-8(4-6)10-13-9(7)5-11;/h2-4,9,12H,5,11H2,1H3;. The van der Waals surface area contributed by atoms with Crippen LogP contribution in [0.15, 0.2) is 18.2 Å². The van der Waals surface area contributed by atoms with Crippen molar-refractivity contribution in [3.8, 4) is 0 Å². The molecule has 71 valence electrons. The molecule has 0 fully saturated rings. The maximum atomic E-state index is 5.56.